The molecule has 9 heteroatoms. The van der Waals surface area contributed by atoms with Crippen LogP contribution in [0.1, 0.15) is 49.9 Å². The zero-order valence-corrected chi connectivity index (χ0v) is 17.5. The molecule has 0 aliphatic carbocycles. The van der Waals surface area contributed by atoms with E-state index in [1.54, 1.807) is 0 Å². The smallest absolute Gasteiger partial charge is 0.255 e. The molecular formula is C19H29N3O5S. The van der Waals surface area contributed by atoms with E-state index in [9.17, 15) is 18.0 Å². The zero-order chi connectivity index (χ0) is 20.7. The molecule has 0 radical (unpaired) electrons. The van der Waals surface area contributed by atoms with Crippen LogP contribution in [0.25, 0.3) is 0 Å². The van der Waals surface area contributed by atoms with Crippen LogP contribution in [-0.2, 0) is 14.8 Å². The van der Waals surface area contributed by atoms with Gasteiger partial charge in [0.25, 0.3) is 5.91 Å². The summed E-state index contributed by atoms with van der Waals surface area (Å²) >= 11 is 0. The number of sulfonamides is 1. The van der Waals surface area contributed by atoms with Crippen LogP contribution in [0.15, 0.2) is 23.1 Å². The summed E-state index contributed by atoms with van der Waals surface area (Å²) < 4.78 is 32.7. The topological polar surface area (TPSA) is 105 Å². The van der Waals surface area contributed by atoms with E-state index in [-0.39, 0.29) is 34.7 Å². The van der Waals surface area contributed by atoms with Crippen molar-refractivity contribution in [3.63, 3.8) is 0 Å². The molecule has 0 saturated carbocycles. The normalized spacial score (nSPS) is 15.7. The van der Waals surface area contributed by atoms with Crippen LogP contribution in [0.2, 0.25) is 0 Å². The number of amides is 2. The lowest BCUT2D eigenvalue weighted by Gasteiger charge is -2.20. The first kappa shape index (κ1) is 22.2. The average Bonchev–Trinajstić information content (AvgIpc) is 2.95. The Hall–Kier alpha value is -2.13. The lowest BCUT2D eigenvalue weighted by atomic mass is 10.2. The Morgan fingerprint density at radius 2 is 1.79 bits per heavy atom. The molecule has 1 fully saturated rings. The highest BCUT2D eigenvalue weighted by atomic mass is 32.2. The Balaban J connectivity index is 2.22. The highest BCUT2D eigenvalue weighted by molar-refractivity contribution is 7.89. The molecule has 1 aromatic rings. The second-order valence-corrected chi connectivity index (χ2v) is 9.02. The number of benzene rings is 1. The number of nitrogens with zero attached hydrogens (tertiary/aromatic N) is 1. The first-order valence-corrected chi connectivity index (χ1v) is 11.0. The van der Waals surface area contributed by atoms with Crippen LogP contribution in [0.3, 0.4) is 0 Å². The highest BCUT2D eigenvalue weighted by Gasteiger charge is 2.27. The van der Waals surface area contributed by atoms with Crippen LogP contribution >= 0.6 is 0 Å². The summed E-state index contributed by atoms with van der Waals surface area (Å²) in [5.41, 5.74) is 0.0794. The van der Waals surface area contributed by atoms with Crippen molar-refractivity contribution in [2.75, 3.05) is 26.7 Å². The van der Waals surface area contributed by atoms with Crippen LogP contribution in [-0.4, -0.2) is 57.3 Å². The maximum Gasteiger partial charge on any atom is 0.255 e. The number of hydrogen-bond acceptors (Lipinski definition) is 5. The van der Waals surface area contributed by atoms with Crippen molar-refractivity contribution in [3.05, 3.63) is 23.8 Å². The van der Waals surface area contributed by atoms with Crippen molar-refractivity contribution in [2.24, 2.45) is 0 Å². The summed E-state index contributed by atoms with van der Waals surface area (Å²) in [5.74, 6) is -0.643. The van der Waals surface area contributed by atoms with Gasteiger partial charge < -0.3 is 15.4 Å². The second kappa shape index (κ2) is 9.88. The number of hydrogen-bond donors (Lipinski definition) is 2. The second-order valence-electron chi connectivity index (χ2n) is 7.09. The van der Waals surface area contributed by atoms with E-state index in [4.69, 9.17) is 4.74 Å². The number of ether oxygens (including phenoxy) is 1. The predicted molar refractivity (Wildman–Crippen MR) is 106 cm³/mol. The van der Waals surface area contributed by atoms with E-state index in [0.717, 1.165) is 25.7 Å². The van der Waals surface area contributed by atoms with Crippen LogP contribution in [0.4, 0.5) is 0 Å². The van der Waals surface area contributed by atoms with Crippen LogP contribution in [0.5, 0.6) is 5.75 Å². The molecule has 0 unspecified atom stereocenters. The SMILES string of the molecule is COc1ccc(S(=O)(=O)N2CCCCCC2)cc1C(=O)NCC(=O)NC(C)C. The third kappa shape index (κ3) is 5.68. The van der Waals surface area contributed by atoms with Crippen molar-refractivity contribution in [1.82, 2.24) is 14.9 Å². The first-order valence-electron chi connectivity index (χ1n) is 9.51. The lowest BCUT2D eigenvalue weighted by molar-refractivity contribution is -0.120. The van der Waals surface area contributed by atoms with Gasteiger partial charge in [-0.25, -0.2) is 8.42 Å². The van der Waals surface area contributed by atoms with Gasteiger partial charge in [-0.05, 0) is 44.9 Å². The van der Waals surface area contributed by atoms with Crippen molar-refractivity contribution in [3.8, 4) is 5.75 Å². The minimum absolute atomic E-state index is 0.0407. The van der Waals surface area contributed by atoms with Gasteiger partial charge in [0.1, 0.15) is 5.75 Å². The van der Waals surface area contributed by atoms with Gasteiger partial charge in [0.05, 0.1) is 24.1 Å². The molecule has 0 spiro atoms. The molecule has 0 aromatic heterocycles. The molecule has 8 nitrogen and oxygen atoms in total. The summed E-state index contributed by atoms with van der Waals surface area (Å²) in [6.07, 6.45) is 3.68. The summed E-state index contributed by atoms with van der Waals surface area (Å²) in [5, 5.41) is 5.18. The van der Waals surface area contributed by atoms with Crippen molar-refractivity contribution in [2.45, 2.75) is 50.5 Å². The van der Waals surface area contributed by atoms with Crippen molar-refractivity contribution in [1.29, 1.82) is 0 Å². The van der Waals surface area contributed by atoms with Crippen molar-refractivity contribution < 1.29 is 22.7 Å². The number of rotatable bonds is 7. The summed E-state index contributed by atoms with van der Waals surface area (Å²) in [6, 6.07) is 4.19. The fourth-order valence-electron chi connectivity index (χ4n) is 3.08. The number of nitrogens with one attached hydrogen (secondary N) is 2. The monoisotopic (exact) mass is 411 g/mol. The summed E-state index contributed by atoms with van der Waals surface area (Å²) in [6.45, 7) is 4.39. The standard InChI is InChI=1S/C19H29N3O5S/c1-14(2)21-18(23)13-20-19(24)16-12-15(8-9-17(16)27-3)28(25,26)22-10-6-4-5-7-11-22/h8-9,12,14H,4-7,10-11,13H2,1-3H3,(H,20,24)(H,21,23). The summed E-state index contributed by atoms with van der Waals surface area (Å²) in [4.78, 5) is 24.3. The van der Waals surface area contributed by atoms with Gasteiger partial charge >= 0.3 is 0 Å². The van der Waals surface area contributed by atoms with Crippen molar-refractivity contribution >= 4 is 21.8 Å². The molecule has 28 heavy (non-hydrogen) atoms. The van der Waals surface area contributed by atoms with Gasteiger partial charge in [-0.1, -0.05) is 12.8 Å². The number of carbonyl (C=O) groups excluding carboxylic acids is 2. The van der Waals surface area contributed by atoms with E-state index >= 15 is 0 Å². The molecule has 2 amide bonds. The van der Waals surface area contributed by atoms with E-state index in [1.807, 2.05) is 13.8 Å². The summed E-state index contributed by atoms with van der Waals surface area (Å²) in [7, 11) is -2.29. The Kier molecular flexibility index (Phi) is 7.82. The molecule has 0 atom stereocenters. The first-order chi connectivity index (χ1) is 13.3. The van der Waals surface area contributed by atoms with E-state index < -0.39 is 15.9 Å². The minimum atomic E-state index is -3.70. The molecule has 1 aromatic carbocycles. The molecule has 2 rings (SSSR count). The van der Waals surface area contributed by atoms with Crippen LogP contribution < -0.4 is 15.4 Å². The number of carbonyl (C=O) groups is 2. The minimum Gasteiger partial charge on any atom is -0.496 e. The lowest BCUT2D eigenvalue weighted by Crippen LogP contribution is -2.40. The van der Waals surface area contributed by atoms with E-state index in [1.165, 1.54) is 29.6 Å². The average molecular weight is 412 g/mol. The maximum atomic E-state index is 13.0. The molecule has 1 aliphatic rings. The Labute approximate surface area is 166 Å². The molecule has 1 saturated heterocycles. The Bertz CT molecular complexity index is 800. The van der Waals surface area contributed by atoms with Gasteiger partial charge in [0, 0.05) is 19.1 Å². The highest BCUT2D eigenvalue weighted by Crippen LogP contribution is 2.26. The van der Waals surface area contributed by atoms with Gasteiger partial charge in [-0.2, -0.15) is 4.31 Å². The third-order valence-corrected chi connectivity index (χ3v) is 6.37. The van der Waals surface area contributed by atoms with Crippen LogP contribution in [0, 0.1) is 0 Å². The Morgan fingerprint density at radius 1 is 1.14 bits per heavy atom. The van der Waals surface area contributed by atoms with E-state index in [0.29, 0.717) is 13.1 Å². The van der Waals surface area contributed by atoms with Gasteiger partial charge in [0.2, 0.25) is 15.9 Å². The molecule has 0 bridgehead atoms. The van der Waals surface area contributed by atoms with Gasteiger partial charge in [-0.15, -0.1) is 0 Å². The third-order valence-electron chi connectivity index (χ3n) is 4.48. The quantitative estimate of drug-likeness (QED) is 0.708. The predicted octanol–water partition coefficient (Wildman–Crippen LogP) is 1.51. The Morgan fingerprint density at radius 3 is 2.36 bits per heavy atom. The zero-order valence-electron chi connectivity index (χ0n) is 16.7. The molecule has 156 valence electrons. The maximum absolute atomic E-state index is 13.0. The van der Waals surface area contributed by atoms with E-state index in [2.05, 4.69) is 10.6 Å². The molecule has 1 heterocycles. The van der Waals surface area contributed by atoms with Gasteiger partial charge in [0.15, 0.2) is 0 Å². The van der Waals surface area contributed by atoms with Gasteiger partial charge in [-0.3, -0.25) is 9.59 Å². The largest absolute Gasteiger partial charge is 0.496 e. The number of methoxy groups -OCH3 is 1. The molecular weight excluding hydrogens is 382 g/mol. The fourth-order valence-corrected chi connectivity index (χ4v) is 4.63. The molecule has 2 N–H and O–H groups in total. The fraction of sp³-hybridized carbons (Fsp3) is 0.579. The molecule has 1 aliphatic heterocycles.